The predicted molar refractivity (Wildman–Crippen MR) is 97.2 cm³/mol. The quantitative estimate of drug-likeness (QED) is 0.439. The molecule has 0 aliphatic heterocycles. The van der Waals surface area contributed by atoms with Crippen molar-refractivity contribution in [2.24, 2.45) is 0 Å². The first-order valence-corrected chi connectivity index (χ1v) is 8.29. The number of nitriles is 1. The van der Waals surface area contributed by atoms with Crippen molar-refractivity contribution in [2.75, 3.05) is 6.61 Å². The second-order valence-electron chi connectivity index (χ2n) is 5.59. The van der Waals surface area contributed by atoms with Crippen LogP contribution in [0.5, 0.6) is 5.75 Å². The van der Waals surface area contributed by atoms with Crippen LogP contribution in [0, 0.1) is 11.3 Å². The summed E-state index contributed by atoms with van der Waals surface area (Å²) in [6.45, 7) is 2.45. The Balaban J connectivity index is 1.95. The Hall–Kier alpha value is -3.06. The fraction of sp³-hybridized carbons (Fsp3) is 0.238. The highest BCUT2D eigenvalue weighted by Gasteiger charge is 2.14. The number of carboxylic acid groups (broad SMARTS) is 1. The zero-order chi connectivity index (χ0) is 18.1. The van der Waals surface area contributed by atoms with Gasteiger partial charge in [-0.05, 0) is 48.1 Å². The SMILES string of the molecule is CC/C(=C(/C#N)C(=O)O)c1ccc(OCCCc2ccccc2)cc1. The van der Waals surface area contributed by atoms with Crippen molar-refractivity contribution >= 4 is 11.5 Å². The average molecular weight is 335 g/mol. The molecule has 25 heavy (non-hydrogen) atoms. The van der Waals surface area contributed by atoms with Gasteiger partial charge in [0.15, 0.2) is 0 Å². The molecule has 128 valence electrons. The van der Waals surface area contributed by atoms with Gasteiger partial charge in [0.05, 0.1) is 6.61 Å². The number of hydrogen-bond acceptors (Lipinski definition) is 3. The molecule has 0 bridgehead atoms. The van der Waals surface area contributed by atoms with Gasteiger partial charge in [-0.1, -0.05) is 49.4 Å². The summed E-state index contributed by atoms with van der Waals surface area (Å²) < 4.78 is 5.73. The first-order valence-electron chi connectivity index (χ1n) is 8.29. The summed E-state index contributed by atoms with van der Waals surface area (Å²) in [5.41, 5.74) is 2.35. The highest BCUT2D eigenvalue weighted by atomic mass is 16.5. The number of nitrogens with zero attached hydrogens (tertiary/aromatic N) is 1. The minimum atomic E-state index is -1.19. The number of benzene rings is 2. The van der Waals surface area contributed by atoms with Crippen molar-refractivity contribution in [2.45, 2.75) is 26.2 Å². The number of aliphatic carboxylic acids is 1. The summed E-state index contributed by atoms with van der Waals surface area (Å²) in [6, 6.07) is 19.2. The molecule has 0 unspecified atom stereocenters. The lowest BCUT2D eigenvalue weighted by molar-refractivity contribution is -0.132. The summed E-state index contributed by atoms with van der Waals surface area (Å²) in [5, 5.41) is 18.2. The molecule has 0 amide bonds. The van der Waals surface area contributed by atoms with E-state index in [1.165, 1.54) is 5.56 Å². The zero-order valence-electron chi connectivity index (χ0n) is 14.2. The van der Waals surface area contributed by atoms with Crippen LogP contribution < -0.4 is 4.74 Å². The van der Waals surface area contributed by atoms with Gasteiger partial charge < -0.3 is 9.84 Å². The first-order chi connectivity index (χ1) is 12.2. The third kappa shape index (κ3) is 5.22. The van der Waals surface area contributed by atoms with Gasteiger partial charge in [0.25, 0.3) is 0 Å². The highest BCUT2D eigenvalue weighted by Crippen LogP contribution is 2.24. The van der Waals surface area contributed by atoms with Gasteiger partial charge >= 0.3 is 5.97 Å². The Morgan fingerprint density at radius 2 is 1.80 bits per heavy atom. The van der Waals surface area contributed by atoms with E-state index in [9.17, 15) is 4.79 Å². The van der Waals surface area contributed by atoms with Crippen LogP contribution in [0.4, 0.5) is 0 Å². The maximum atomic E-state index is 11.2. The van der Waals surface area contributed by atoms with Crippen LogP contribution in [0.1, 0.15) is 30.9 Å². The third-order valence-corrected chi connectivity index (χ3v) is 3.91. The molecule has 0 fully saturated rings. The molecule has 0 radical (unpaired) electrons. The molecule has 0 saturated heterocycles. The third-order valence-electron chi connectivity index (χ3n) is 3.91. The van der Waals surface area contributed by atoms with Crippen molar-refractivity contribution in [1.29, 1.82) is 5.26 Å². The van der Waals surface area contributed by atoms with Gasteiger partial charge in [-0.3, -0.25) is 0 Å². The lowest BCUT2D eigenvalue weighted by Crippen LogP contribution is -2.02. The van der Waals surface area contributed by atoms with Crippen LogP contribution in [0.2, 0.25) is 0 Å². The largest absolute Gasteiger partial charge is 0.494 e. The Kier molecular flexibility index (Phi) is 6.79. The molecule has 0 aromatic heterocycles. The maximum absolute atomic E-state index is 11.2. The van der Waals surface area contributed by atoms with E-state index in [1.54, 1.807) is 18.2 Å². The Bertz CT molecular complexity index is 771. The van der Waals surface area contributed by atoms with Crippen LogP contribution in [-0.2, 0) is 11.2 Å². The lowest BCUT2D eigenvalue weighted by atomic mass is 9.98. The molecule has 1 N–H and O–H groups in total. The smallest absolute Gasteiger partial charge is 0.346 e. The number of rotatable bonds is 8. The van der Waals surface area contributed by atoms with Crippen molar-refractivity contribution in [3.05, 3.63) is 71.3 Å². The maximum Gasteiger partial charge on any atom is 0.346 e. The monoisotopic (exact) mass is 335 g/mol. The summed E-state index contributed by atoms with van der Waals surface area (Å²) in [6.07, 6.45) is 2.36. The van der Waals surface area contributed by atoms with Crippen LogP contribution >= 0.6 is 0 Å². The lowest BCUT2D eigenvalue weighted by Gasteiger charge is -2.09. The number of ether oxygens (including phenoxy) is 1. The minimum absolute atomic E-state index is 0.209. The van der Waals surface area contributed by atoms with Crippen LogP contribution in [-0.4, -0.2) is 17.7 Å². The normalized spacial score (nSPS) is 11.4. The molecular weight excluding hydrogens is 314 g/mol. The van der Waals surface area contributed by atoms with Gasteiger partial charge in [-0.2, -0.15) is 5.26 Å². The highest BCUT2D eigenvalue weighted by molar-refractivity contribution is 6.00. The number of carbonyl (C=O) groups is 1. The minimum Gasteiger partial charge on any atom is -0.494 e. The van der Waals surface area contributed by atoms with Gasteiger partial charge in [-0.15, -0.1) is 0 Å². The number of aryl methyl sites for hydroxylation is 1. The van der Waals surface area contributed by atoms with E-state index < -0.39 is 5.97 Å². The van der Waals surface area contributed by atoms with Gasteiger partial charge in [-0.25, -0.2) is 4.79 Å². The second kappa shape index (κ2) is 9.29. The van der Waals surface area contributed by atoms with E-state index in [-0.39, 0.29) is 5.57 Å². The van der Waals surface area contributed by atoms with Crippen molar-refractivity contribution in [1.82, 2.24) is 0 Å². The molecule has 4 nitrogen and oxygen atoms in total. The molecule has 4 heteroatoms. The topological polar surface area (TPSA) is 70.3 Å². The van der Waals surface area contributed by atoms with Crippen LogP contribution in [0.25, 0.3) is 5.57 Å². The number of allylic oxidation sites excluding steroid dienone is 1. The first kappa shape index (κ1) is 18.3. The van der Waals surface area contributed by atoms with Gasteiger partial charge in [0, 0.05) is 0 Å². The summed E-state index contributed by atoms with van der Waals surface area (Å²) in [7, 11) is 0. The van der Waals surface area contributed by atoms with Crippen LogP contribution in [0.15, 0.2) is 60.2 Å². The van der Waals surface area contributed by atoms with Crippen molar-refractivity contribution < 1.29 is 14.6 Å². The number of carboxylic acids is 1. The van der Waals surface area contributed by atoms with E-state index in [1.807, 2.05) is 37.3 Å². The fourth-order valence-corrected chi connectivity index (χ4v) is 2.63. The summed E-state index contributed by atoms with van der Waals surface area (Å²) >= 11 is 0. The molecule has 2 aromatic rings. The predicted octanol–water partition coefficient (Wildman–Crippen LogP) is 4.47. The molecule has 0 aliphatic carbocycles. The molecule has 0 atom stereocenters. The van der Waals surface area contributed by atoms with E-state index in [4.69, 9.17) is 15.1 Å². The Labute approximate surface area is 148 Å². The van der Waals surface area contributed by atoms with Crippen molar-refractivity contribution in [3.63, 3.8) is 0 Å². The molecule has 0 saturated carbocycles. The van der Waals surface area contributed by atoms with Gasteiger partial charge in [0.1, 0.15) is 17.4 Å². The molecule has 2 rings (SSSR count). The fourth-order valence-electron chi connectivity index (χ4n) is 2.63. The average Bonchev–Trinajstić information content (AvgIpc) is 2.64. The van der Waals surface area contributed by atoms with E-state index in [0.29, 0.717) is 18.6 Å². The Morgan fingerprint density at radius 3 is 2.36 bits per heavy atom. The summed E-state index contributed by atoms with van der Waals surface area (Å²) in [4.78, 5) is 11.2. The molecule has 0 aliphatic rings. The van der Waals surface area contributed by atoms with E-state index >= 15 is 0 Å². The van der Waals surface area contributed by atoms with E-state index in [0.717, 1.165) is 24.2 Å². The molecule has 0 heterocycles. The molecular formula is C21H21NO3. The van der Waals surface area contributed by atoms with Gasteiger partial charge in [0.2, 0.25) is 0 Å². The summed E-state index contributed by atoms with van der Waals surface area (Å²) in [5.74, 6) is -0.457. The standard InChI is InChI=1S/C21H21NO3/c1-2-19(20(15-22)21(23)24)17-10-12-18(13-11-17)25-14-6-9-16-7-4-3-5-8-16/h3-5,7-8,10-13H,2,6,9,14H2,1H3,(H,23,24)/b20-19+. The van der Waals surface area contributed by atoms with Crippen LogP contribution in [0.3, 0.4) is 0 Å². The number of hydrogen-bond donors (Lipinski definition) is 1. The molecule has 0 spiro atoms. The molecule has 2 aromatic carbocycles. The second-order valence-corrected chi connectivity index (χ2v) is 5.59. The van der Waals surface area contributed by atoms with Crippen molar-refractivity contribution in [3.8, 4) is 11.8 Å². The van der Waals surface area contributed by atoms with E-state index in [2.05, 4.69) is 12.1 Å². The Morgan fingerprint density at radius 1 is 1.12 bits per heavy atom. The zero-order valence-corrected chi connectivity index (χ0v) is 14.2.